The first-order valence-corrected chi connectivity index (χ1v) is 5.00. The highest BCUT2D eigenvalue weighted by Crippen LogP contribution is 2.16. The van der Waals surface area contributed by atoms with E-state index >= 15 is 0 Å². The molecule has 4 nitrogen and oxygen atoms in total. The molecule has 0 saturated carbocycles. The minimum atomic E-state index is -0.558. The molecule has 0 aliphatic rings. The van der Waals surface area contributed by atoms with Gasteiger partial charge in [0.05, 0.1) is 30.4 Å². The number of imidazole rings is 1. The summed E-state index contributed by atoms with van der Waals surface area (Å²) in [5.41, 5.74) is 1.32. The molecule has 0 fully saturated rings. The Morgan fingerprint density at radius 3 is 2.76 bits per heavy atom. The van der Waals surface area contributed by atoms with Crippen molar-refractivity contribution in [1.82, 2.24) is 9.55 Å². The van der Waals surface area contributed by atoms with Crippen molar-refractivity contribution in [2.24, 2.45) is 0 Å². The fourth-order valence-corrected chi connectivity index (χ4v) is 1.51. The standard InChI is InChI=1S/C12H11FN2O2/c1-8-6-15(7-14-8)11-4-3-9(5-10(11)13)12(16)17-2/h3-7H,1-2H3. The van der Waals surface area contributed by atoms with Crippen LogP contribution in [-0.2, 0) is 4.74 Å². The summed E-state index contributed by atoms with van der Waals surface area (Å²) in [7, 11) is 1.26. The number of nitrogens with zero attached hydrogens (tertiary/aromatic N) is 2. The summed E-state index contributed by atoms with van der Waals surface area (Å²) >= 11 is 0. The lowest BCUT2D eigenvalue weighted by molar-refractivity contribution is 0.0600. The van der Waals surface area contributed by atoms with E-state index in [0.29, 0.717) is 5.69 Å². The highest BCUT2D eigenvalue weighted by atomic mass is 19.1. The van der Waals surface area contributed by atoms with Crippen LogP contribution in [0.1, 0.15) is 16.1 Å². The van der Waals surface area contributed by atoms with Gasteiger partial charge in [0.25, 0.3) is 0 Å². The van der Waals surface area contributed by atoms with Crippen LogP contribution in [0.5, 0.6) is 0 Å². The number of methoxy groups -OCH3 is 1. The average Bonchev–Trinajstić information content (AvgIpc) is 2.74. The van der Waals surface area contributed by atoms with Gasteiger partial charge >= 0.3 is 5.97 Å². The van der Waals surface area contributed by atoms with Crippen LogP contribution in [0.3, 0.4) is 0 Å². The van der Waals surface area contributed by atoms with Crippen LogP contribution in [0.2, 0.25) is 0 Å². The Labute approximate surface area is 97.7 Å². The smallest absolute Gasteiger partial charge is 0.337 e. The second kappa shape index (κ2) is 4.37. The Kier molecular flexibility index (Phi) is 2.91. The number of hydrogen-bond donors (Lipinski definition) is 0. The Bertz CT molecular complexity index is 563. The monoisotopic (exact) mass is 234 g/mol. The third-order valence-electron chi connectivity index (χ3n) is 2.36. The van der Waals surface area contributed by atoms with Crippen LogP contribution in [0.25, 0.3) is 5.69 Å². The van der Waals surface area contributed by atoms with E-state index in [1.807, 2.05) is 6.92 Å². The summed E-state index contributed by atoms with van der Waals surface area (Å²) in [5, 5.41) is 0. The molecule has 17 heavy (non-hydrogen) atoms. The molecular formula is C12H11FN2O2. The summed E-state index contributed by atoms with van der Waals surface area (Å²) < 4.78 is 19.9. The summed E-state index contributed by atoms with van der Waals surface area (Å²) in [6.45, 7) is 1.82. The van der Waals surface area contributed by atoms with Crippen molar-refractivity contribution in [2.45, 2.75) is 6.92 Å². The molecule has 88 valence electrons. The third-order valence-corrected chi connectivity index (χ3v) is 2.36. The first-order valence-electron chi connectivity index (χ1n) is 5.00. The second-order valence-electron chi connectivity index (χ2n) is 3.58. The Morgan fingerprint density at radius 2 is 2.24 bits per heavy atom. The molecule has 2 aromatic rings. The second-order valence-corrected chi connectivity index (χ2v) is 3.58. The molecule has 0 aliphatic carbocycles. The van der Waals surface area contributed by atoms with Gasteiger partial charge in [-0.3, -0.25) is 0 Å². The van der Waals surface area contributed by atoms with Gasteiger partial charge in [-0.2, -0.15) is 0 Å². The zero-order valence-electron chi connectivity index (χ0n) is 9.48. The lowest BCUT2D eigenvalue weighted by atomic mass is 10.2. The SMILES string of the molecule is COC(=O)c1ccc(-n2cnc(C)c2)c(F)c1. The Hall–Kier alpha value is -2.17. The molecule has 5 heteroatoms. The predicted molar refractivity (Wildman–Crippen MR) is 59.6 cm³/mol. The largest absolute Gasteiger partial charge is 0.465 e. The summed E-state index contributed by atoms with van der Waals surface area (Å²) in [6.07, 6.45) is 3.22. The van der Waals surface area contributed by atoms with Gasteiger partial charge in [-0.25, -0.2) is 14.2 Å². The van der Waals surface area contributed by atoms with Crippen molar-refractivity contribution in [3.63, 3.8) is 0 Å². The van der Waals surface area contributed by atoms with Crippen LogP contribution < -0.4 is 0 Å². The molecule has 1 aromatic carbocycles. The molecule has 1 heterocycles. The number of aryl methyl sites for hydroxylation is 1. The van der Waals surface area contributed by atoms with Crippen LogP contribution in [0.15, 0.2) is 30.7 Å². The molecular weight excluding hydrogens is 223 g/mol. The molecule has 0 aliphatic heterocycles. The van der Waals surface area contributed by atoms with E-state index in [2.05, 4.69) is 9.72 Å². The normalized spacial score (nSPS) is 10.3. The molecule has 0 radical (unpaired) electrons. The van der Waals surface area contributed by atoms with E-state index in [4.69, 9.17) is 0 Å². The van der Waals surface area contributed by atoms with Crippen molar-refractivity contribution in [3.05, 3.63) is 47.8 Å². The maximum Gasteiger partial charge on any atom is 0.337 e. The predicted octanol–water partition coefficient (Wildman–Crippen LogP) is 2.11. The third kappa shape index (κ3) is 2.18. The number of rotatable bonds is 2. The number of hydrogen-bond acceptors (Lipinski definition) is 3. The molecule has 0 bridgehead atoms. The average molecular weight is 234 g/mol. The van der Waals surface area contributed by atoms with Gasteiger partial charge < -0.3 is 9.30 Å². The molecule has 0 spiro atoms. The quantitative estimate of drug-likeness (QED) is 0.747. The first-order chi connectivity index (χ1) is 8.11. The number of aromatic nitrogens is 2. The number of carbonyl (C=O) groups is 1. The van der Waals surface area contributed by atoms with Gasteiger partial charge in [0.15, 0.2) is 0 Å². The zero-order chi connectivity index (χ0) is 12.4. The molecule has 0 unspecified atom stereocenters. The molecule has 0 N–H and O–H groups in total. The van der Waals surface area contributed by atoms with E-state index in [1.54, 1.807) is 10.8 Å². The maximum atomic E-state index is 13.8. The van der Waals surface area contributed by atoms with E-state index in [-0.39, 0.29) is 5.56 Å². The van der Waals surface area contributed by atoms with Gasteiger partial charge in [-0.1, -0.05) is 0 Å². The van der Waals surface area contributed by atoms with Gasteiger partial charge in [0.1, 0.15) is 5.82 Å². The van der Waals surface area contributed by atoms with E-state index in [9.17, 15) is 9.18 Å². The van der Waals surface area contributed by atoms with Gasteiger partial charge in [-0.05, 0) is 25.1 Å². The van der Waals surface area contributed by atoms with Crippen LogP contribution in [0, 0.1) is 12.7 Å². The fraction of sp³-hybridized carbons (Fsp3) is 0.167. The van der Waals surface area contributed by atoms with Crippen LogP contribution in [0.4, 0.5) is 4.39 Å². The number of esters is 1. The maximum absolute atomic E-state index is 13.8. The zero-order valence-corrected chi connectivity index (χ0v) is 9.48. The minimum absolute atomic E-state index is 0.186. The number of halogens is 1. The summed E-state index contributed by atoms with van der Waals surface area (Å²) in [5.74, 6) is -1.05. The van der Waals surface area contributed by atoms with Crippen molar-refractivity contribution in [3.8, 4) is 5.69 Å². The van der Waals surface area contributed by atoms with E-state index in [0.717, 1.165) is 11.8 Å². The van der Waals surface area contributed by atoms with Crippen molar-refractivity contribution in [2.75, 3.05) is 7.11 Å². The van der Waals surface area contributed by atoms with Gasteiger partial charge in [-0.15, -0.1) is 0 Å². The lowest BCUT2D eigenvalue weighted by Gasteiger charge is -2.05. The van der Waals surface area contributed by atoms with Crippen molar-refractivity contribution in [1.29, 1.82) is 0 Å². The molecule has 1 aromatic heterocycles. The van der Waals surface area contributed by atoms with Crippen molar-refractivity contribution < 1.29 is 13.9 Å². The number of carbonyl (C=O) groups excluding carboxylic acids is 1. The number of benzene rings is 1. The fourth-order valence-electron chi connectivity index (χ4n) is 1.51. The molecule has 0 saturated heterocycles. The Balaban J connectivity index is 2.41. The summed E-state index contributed by atoms with van der Waals surface area (Å²) in [4.78, 5) is 15.2. The van der Waals surface area contributed by atoms with Gasteiger partial charge in [0, 0.05) is 6.20 Å². The van der Waals surface area contributed by atoms with E-state index in [1.165, 1.54) is 25.6 Å². The molecule has 0 amide bonds. The summed E-state index contributed by atoms with van der Waals surface area (Å²) in [6, 6.07) is 4.18. The minimum Gasteiger partial charge on any atom is -0.465 e. The lowest BCUT2D eigenvalue weighted by Crippen LogP contribution is -2.03. The Morgan fingerprint density at radius 1 is 1.47 bits per heavy atom. The van der Waals surface area contributed by atoms with Crippen molar-refractivity contribution >= 4 is 5.97 Å². The molecule has 2 rings (SSSR count). The first kappa shape index (κ1) is 11.3. The van der Waals surface area contributed by atoms with Crippen LogP contribution in [-0.4, -0.2) is 22.6 Å². The number of ether oxygens (including phenoxy) is 1. The topological polar surface area (TPSA) is 44.1 Å². The highest BCUT2D eigenvalue weighted by molar-refractivity contribution is 5.89. The molecule has 0 atom stereocenters. The highest BCUT2D eigenvalue weighted by Gasteiger charge is 2.10. The van der Waals surface area contributed by atoms with Crippen LogP contribution >= 0.6 is 0 Å². The van der Waals surface area contributed by atoms with E-state index < -0.39 is 11.8 Å². The van der Waals surface area contributed by atoms with Gasteiger partial charge in [0.2, 0.25) is 0 Å².